The van der Waals surface area contributed by atoms with Crippen LogP contribution in [0.2, 0.25) is 0 Å². The summed E-state index contributed by atoms with van der Waals surface area (Å²) in [4.78, 5) is 12.1. The van der Waals surface area contributed by atoms with Crippen molar-refractivity contribution in [1.29, 1.82) is 0 Å². The van der Waals surface area contributed by atoms with Crippen molar-refractivity contribution in [2.75, 3.05) is 13.2 Å². The summed E-state index contributed by atoms with van der Waals surface area (Å²) in [6, 6.07) is 0. The second kappa shape index (κ2) is 5.59. The molecule has 2 rings (SSSR count). The molecule has 1 aliphatic carbocycles. The zero-order valence-corrected chi connectivity index (χ0v) is 10.3. The Morgan fingerprint density at radius 2 is 1.67 bits per heavy atom. The Balaban J connectivity index is 1.83. The van der Waals surface area contributed by atoms with Gasteiger partial charge in [0.1, 0.15) is 5.78 Å². The van der Waals surface area contributed by atoms with Crippen molar-refractivity contribution in [3.05, 3.63) is 0 Å². The molecule has 5 heteroatoms. The maximum Gasteiger partial charge on any atom is 0.391 e. The first-order valence-electron chi connectivity index (χ1n) is 6.66. The van der Waals surface area contributed by atoms with Crippen LogP contribution in [0.25, 0.3) is 0 Å². The minimum atomic E-state index is -4.10. The lowest BCUT2D eigenvalue weighted by Crippen LogP contribution is -2.35. The van der Waals surface area contributed by atoms with Gasteiger partial charge < -0.3 is 4.74 Å². The molecule has 104 valence electrons. The second-order valence-electron chi connectivity index (χ2n) is 5.41. The second-order valence-corrected chi connectivity index (χ2v) is 5.41. The van der Waals surface area contributed by atoms with Crippen LogP contribution in [0.1, 0.15) is 38.5 Å². The van der Waals surface area contributed by atoms with Crippen LogP contribution in [0.15, 0.2) is 0 Å². The number of Topliss-reactive ketones (excluding diaryl/α,β-unsaturated/α-hetero) is 1. The molecule has 0 aromatic carbocycles. The van der Waals surface area contributed by atoms with E-state index in [1.54, 1.807) is 0 Å². The molecule has 1 saturated carbocycles. The van der Waals surface area contributed by atoms with E-state index >= 15 is 0 Å². The summed E-state index contributed by atoms with van der Waals surface area (Å²) < 4.78 is 42.8. The summed E-state index contributed by atoms with van der Waals surface area (Å²) in [5.41, 5.74) is 0. The van der Waals surface area contributed by atoms with Gasteiger partial charge in [-0.15, -0.1) is 0 Å². The molecule has 2 fully saturated rings. The van der Waals surface area contributed by atoms with Crippen LogP contribution in [-0.4, -0.2) is 25.2 Å². The summed E-state index contributed by atoms with van der Waals surface area (Å²) in [7, 11) is 0. The molecule has 0 spiro atoms. The van der Waals surface area contributed by atoms with Crippen LogP contribution in [0.4, 0.5) is 13.2 Å². The highest BCUT2D eigenvalue weighted by atomic mass is 19.4. The number of ketones is 1. The molecule has 1 atom stereocenters. The standard InChI is InChI=1S/C13H19F3O2/c14-13(15,16)11-5-3-9(4-6-11)12(17)10-2-1-7-18-8-10/h9-11H,1-8H2. The van der Waals surface area contributed by atoms with E-state index in [9.17, 15) is 18.0 Å². The van der Waals surface area contributed by atoms with Gasteiger partial charge in [0.25, 0.3) is 0 Å². The average Bonchev–Trinajstić information content (AvgIpc) is 2.38. The first-order chi connectivity index (χ1) is 8.48. The van der Waals surface area contributed by atoms with Crippen LogP contribution in [0.5, 0.6) is 0 Å². The number of hydrogen-bond acceptors (Lipinski definition) is 2. The lowest BCUT2D eigenvalue weighted by atomic mass is 9.76. The molecule has 18 heavy (non-hydrogen) atoms. The van der Waals surface area contributed by atoms with Gasteiger partial charge in [-0.2, -0.15) is 13.2 Å². The van der Waals surface area contributed by atoms with Gasteiger partial charge in [0.2, 0.25) is 0 Å². The zero-order chi connectivity index (χ0) is 13.2. The Hall–Kier alpha value is -0.580. The van der Waals surface area contributed by atoms with Gasteiger partial charge in [0.15, 0.2) is 0 Å². The summed E-state index contributed by atoms with van der Waals surface area (Å²) in [5.74, 6) is -1.32. The number of carbonyl (C=O) groups excluding carboxylic acids is 1. The molecule has 0 radical (unpaired) electrons. The molecule has 2 nitrogen and oxygen atoms in total. The monoisotopic (exact) mass is 264 g/mol. The van der Waals surface area contributed by atoms with Gasteiger partial charge in [0.05, 0.1) is 12.5 Å². The highest BCUT2D eigenvalue weighted by molar-refractivity contribution is 5.83. The van der Waals surface area contributed by atoms with Gasteiger partial charge in [-0.1, -0.05) is 0 Å². The summed E-state index contributed by atoms with van der Waals surface area (Å²) in [6.07, 6.45) is -1.39. The minimum absolute atomic E-state index is 0.0776. The summed E-state index contributed by atoms with van der Waals surface area (Å²) in [6.45, 7) is 1.16. The minimum Gasteiger partial charge on any atom is -0.381 e. The van der Waals surface area contributed by atoms with E-state index in [-0.39, 0.29) is 30.5 Å². The van der Waals surface area contributed by atoms with Gasteiger partial charge in [-0.05, 0) is 38.5 Å². The lowest BCUT2D eigenvalue weighted by molar-refractivity contribution is -0.185. The predicted octanol–water partition coefficient (Wildman–Crippen LogP) is 3.35. The van der Waals surface area contributed by atoms with Gasteiger partial charge >= 0.3 is 6.18 Å². The number of hydrogen-bond donors (Lipinski definition) is 0. The van der Waals surface area contributed by atoms with Crippen LogP contribution in [0, 0.1) is 17.8 Å². The Morgan fingerprint density at radius 1 is 1.00 bits per heavy atom. The molecule has 1 unspecified atom stereocenters. The molecule has 1 aliphatic heterocycles. The molecule has 2 aliphatic rings. The molecular weight excluding hydrogens is 245 g/mol. The van der Waals surface area contributed by atoms with Gasteiger partial charge in [-0.25, -0.2) is 0 Å². The average molecular weight is 264 g/mol. The molecule has 0 bridgehead atoms. The molecule has 1 heterocycles. The van der Waals surface area contributed by atoms with Crippen molar-refractivity contribution in [3.63, 3.8) is 0 Å². The summed E-state index contributed by atoms with van der Waals surface area (Å²) in [5, 5.41) is 0. The van der Waals surface area contributed by atoms with Crippen molar-refractivity contribution in [1.82, 2.24) is 0 Å². The van der Waals surface area contributed by atoms with Crippen molar-refractivity contribution in [3.8, 4) is 0 Å². The van der Waals surface area contributed by atoms with Crippen LogP contribution in [-0.2, 0) is 9.53 Å². The molecular formula is C13H19F3O2. The van der Waals surface area contributed by atoms with Crippen molar-refractivity contribution >= 4 is 5.78 Å². The fraction of sp³-hybridized carbons (Fsp3) is 0.923. The zero-order valence-electron chi connectivity index (χ0n) is 10.3. The maximum absolute atomic E-state index is 12.5. The fourth-order valence-electron chi connectivity index (χ4n) is 3.00. The van der Waals surface area contributed by atoms with E-state index in [0.29, 0.717) is 26.1 Å². The normalized spacial score (nSPS) is 34.3. The topological polar surface area (TPSA) is 26.3 Å². The number of halogens is 3. The number of carbonyl (C=O) groups is 1. The Morgan fingerprint density at radius 3 is 2.17 bits per heavy atom. The predicted molar refractivity (Wildman–Crippen MR) is 60.1 cm³/mol. The first-order valence-corrected chi connectivity index (χ1v) is 6.66. The SMILES string of the molecule is O=C(C1CCC(C(F)(F)F)CC1)C1CCCOC1. The van der Waals surface area contributed by atoms with E-state index in [0.717, 1.165) is 12.8 Å². The lowest BCUT2D eigenvalue weighted by Gasteiger charge is -2.31. The van der Waals surface area contributed by atoms with E-state index in [1.165, 1.54) is 0 Å². The maximum atomic E-state index is 12.5. The van der Waals surface area contributed by atoms with Crippen LogP contribution < -0.4 is 0 Å². The molecule has 1 saturated heterocycles. The van der Waals surface area contributed by atoms with Crippen molar-refractivity contribution in [2.24, 2.45) is 17.8 Å². The third kappa shape index (κ3) is 3.25. The highest BCUT2D eigenvalue weighted by Gasteiger charge is 2.43. The van der Waals surface area contributed by atoms with Crippen LogP contribution in [0.3, 0.4) is 0 Å². The van der Waals surface area contributed by atoms with E-state index in [2.05, 4.69) is 0 Å². The summed E-state index contributed by atoms with van der Waals surface area (Å²) >= 11 is 0. The van der Waals surface area contributed by atoms with Crippen molar-refractivity contribution < 1.29 is 22.7 Å². The largest absolute Gasteiger partial charge is 0.391 e. The molecule has 0 aromatic rings. The van der Waals surface area contributed by atoms with E-state index < -0.39 is 12.1 Å². The quantitative estimate of drug-likeness (QED) is 0.764. The Labute approximate surface area is 105 Å². The van der Waals surface area contributed by atoms with Crippen molar-refractivity contribution in [2.45, 2.75) is 44.7 Å². The smallest absolute Gasteiger partial charge is 0.381 e. The first kappa shape index (κ1) is 13.8. The van der Waals surface area contributed by atoms with Gasteiger partial charge in [0, 0.05) is 18.4 Å². The third-order valence-corrected chi connectivity index (χ3v) is 4.16. The number of alkyl halides is 3. The third-order valence-electron chi connectivity index (χ3n) is 4.16. The molecule has 0 N–H and O–H groups in total. The van der Waals surface area contributed by atoms with Crippen LogP contribution >= 0.6 is 0 Å². The fourth-order valence-corrected chi connectivity index (χ4v) is 3.00. The van der Waals surface area contributed by atoms with E-state index in [1.807, 2.05) is 0 Å². The Bertz CT molecular complexity index is 287. The Kier molecular flexibility index (Phi) is 4.30. The number of rotatable bonds is 2. The molecule has 0 amide bonds. The van der Waals surface area contributed by atoms with Gasteiger partial charge in [-0.3, -0.25) is 4.79 Å². The highest BCUT2D eigenvalue weighted by Crippen LogP contribution is 2.40. The molecule has 0 aromatic heterocycles. The van der Waals surface area contributed by atoms with E-state index in [4.69, 9.17) is 4.74 Å². The number of ether oxygens (including phenoxy) is 1.